The van der Waals surface area contributed by atoms with Gasteiger partial charge in [-0.25, -0.2) is 0 Å². The van der Waals surface area contributed by atoms with Crippen LogP contribution in [-0.4, -0.2) is 106 Å². The number of halogens is 2. The van der Waals surface area contributed by atoms with Crippen LogP contribution >= 0.6 is 23.2 Å². The average molecular weight is 1190 g/mol. The summed E-state index contributed by atoms with van der Waals surface area (Å²) in [4.78, 5) is 16.1. The molecule has 368 valence electrons. The summed E-state index contributed by atoms with van der Waals surface area (Å²) >= 11 is 12.4. The third-order valence-electron chi connectivity index (χ3n) is 10.6. The maximum atomic E-state index is 13.3. The van der Waals surface area contributed by atoms with E-state index < -0.39 is 53.3 Å². The number of nitrogens with zero attached hydrogens (tertiary/aromatic N) is 5. The van der Waals surface area contributed by atoms with Gasteiger partial charge in [-0.15, -0.1) is 15.3 Å². The van der Waals surface area contributed by atoms with Crippen LogP contribution in [0, 0.1) is 13.8 Å². The van der Waals surface area contributed by atoms with E-state index in [2.05, 4.69) is 30.8 Å². The Morgan fingerprint density at radius 3 is 1.63 bits per heavy atom. The number of methoxy groups -OCH3 is 2. The Bertz CT molecular complexity index is 3790. The summed E-state index contributed by atoms with van der Waals surface area (Å²) < 4.78 is 76.3. The molecular weight excluding hydrogens is 1150 g/mol. The number of nitrogens with one attached hydrogen (secondary N) is 1. The number of aryl methyl sites for hydroxylation is 2. The number of aliphatic imine (C=N–C) groups is 1. The van der Waals surface area contributed by atoms with Crippen LogP contribution in [0.2, 0.25) is 10.0 Å². The number of fused-ring (bicyclic) bond motifs is 2. The third-order valence-corrected chi connectivity index (χ3v) is 13.7. The minimum Gasteiger partial charge on any atom is -0.871 e. The number of azo groups is 2. The third kappa shape index (κ3) is 12.9. The summed E-state index contributed by atoms with van der Waals surface area (Å²) in [6.45, 7) is 2.93. The maximum absolute atomic E-state index is 13.3. The van der Waals surface area contributed by atoms with E-state index in [0.717, 1.165) is 0 Å². The smallest absolute Gasteiger partial charge is 0.871 e. The van der Waals surface area contributed by atoms with Crippen molar-refractivity contribution in [2.75, 3.05) is 19.5 Å². The van der Waals surface area contributed by atoms with Crippen molar-refractivity contribution in [1.82, 2.24) is 0 Å². The molecule has 0 aliphatic heterocycles. The molecule has 0 aliphatic carbocycles. The van der Waals surface area contributed by atoms with E-state index in [4.69, 9.17) is 32.7 Å². The number of phenols is 1. The second-order valence-corrected chi connectivity index (χ2v) is 18.9. The zero-order valence-corrected chi connectivity index (χ0v) is 46.3. The van der Waals surface area contributed by atoms with E-state index in [9.17, 15) is 46.1 Å². The molecule has 0 spiro atoms. The molecule has 0 unspecified atom stereocenters. The number of benzene rings is 8. The number of aromatic hydroxyl groups is 1. The van der Waals surface area contributed by atoms with Gasteiger partial charge >= 0.3 is 48.9 Å². The quantitative estimate of drug-likeness (QED) is 0.0292. The first-order valence-electron chi connectivity index (χ1n) is 20.9. The van der Waals surface area contributed by atoms with Gasteiger partial charge in [0.25, 0.3) is 26.1 Å². The number of amides is 1. The van der Waals surface area contributed by atoms with Crippen LogP contribution in [0.5, 0.6) is 23.0 Å². The fourth-order valence-electron chi connectivity index (χ4n) is 7.20. The van der Waals surface area contributed by atoms with Crippen LogP contribution in [0.25, 0.3) is 21.5 Å². The molecule has 1 amide bonds. The normalized spacial score (nSPS) is 11.9. The summed E-state index contributed by atoms with van der Waals surface area (Å²) in [5.74, 6) is -1.48. The van der Waals surface area contributed by atoms with E-state index in [1.807, 2.05) is 0 Å². The molecule has 8 aromatic carbocycles. The minimum absolute atomic E-state index is 0. The first-order valence-corrected chi connectivity index (χ1v) is 24.5. The van der Waals surface area contributed by atoms with Gasteiger partial charge in [0.05, 0.1) is 41.2 Å². The van der Waals surface area contributed by atoms with Crippen LogP contribution in [0.1, 0.15) is 27.0 Å². The van der Waals surface area contributed by atoms with Crippen molar-refractivity contribution in [3.8, 4) is 23.0 Å². The van der Waals surface area contributed by atoms with E-state index in [1.165, 1.54) is 64.5 Å². The van der Waals surface area contributed by atoms with Crippen molar-refractivity contribution in [2.45, 2.75) is 23.6 Å². The van der Waals surface area contributed by atoms with Gasteiger partial charge in [0.1, 0.15) is 38.4 Å². The molecule has 8 aromatic rings. The monoisotopic (exact) mass is 1190 g/mol. The molecule has 73 heavy (non-hydrogen) atoms. The van der Waals surface area contributed by atoms with Gasteiger partial charge in [-0.05, 0) is 95.7 Å². The molecule has 0 aromatic heterocycles. The fourth-order valence-corrected chi connectivity index (χ4v) is 9.89. The van der Waals surface area contributed by atoms with Gasteiger partial charge in [-0.3, -0.25) is 18.9 Å². The van der Waals surface area contributed by atoms with Crippen molar-refractivity contribution >= 4 is 160 Å². The molecule has 0 radical (unpaired) electrons. The Kier molecular flexibility index (Phi) is 18.1. The van der Waals surface area contributed by atoms with Crippen LogP contribution in [0.3, 0.4) is 0 Å². The second kappa shape index (κ2) is 23.6. The molecule has 0 saturated heterocycles. The molecule has 18 nitrogen and oxygen atoms in total. The topological polar surface area (TPSA) is 284 Å². The van der Waals surface area contributed by atoms with Gasteiger partial charge in [0, 0.05) is 28.6 Å². The van der Waals surface area contributed by atoms with E-state index in [1.54, 1.807) is 97.1 Å². The molecule has 0 bridgehead atoms. The number of carbonyl (C=O) groups excluding carboxylic acids is 1. The largest absolute Gasteiger partial charge is 2.00 e. The Morgan fingerprint density at radius 2 is 1.10 bits per heavy atom. The Hall–Kier alpha value is -6.41. The zero-order valence-electron chi connectivity index (χ0n) is 38.7. The first kappa shape index (κ1) is 55.9. The number of anilines is 1. The maximum Gasteiger partial charge on any atom is 2.00 e. The molecule has 0 heterocycles. The van der Waals surface area contributed by atoms with Crippen LogP contribution in [0.15, 0.2) is 169 Å². The SMILES string of the molecule is COc1cccc(N=C([O-])c2cc3ccccc3c(N=Nc3ccc(C)c(S(=O)(=O)O)c3Cl)c2[O-])c1.COc1cccc(NC(=O)c2cc3ccccc3c(N=Nc3ccc(C)c(S(=O)(=O)O)c3Cl)c2O)c1.[Ba+2]. The van der Waals surface area contributed by atoms with Crippen molar-refractivity contribution in [3.63, 3.8) is 0 Å². The van der Waals surface area contributed by atoms with Gasteiger partial charge in [-0.2, -0.15) is 21.9 Å². The molecule has 0 atom stereocenters. The number of rotatable bonds is 12. The van der Waals surface area contributed by atoms with E-state index in [-0.39, 0.29) is 104 Å². The van der Waals surface area contributed by atoms with Gasteiger partial charge in [0.15, 0.2) is 5.75 Å². The summed E-state index contributed by atoms with van der Waals surface area (Å²) in [6, 6.07) is 35.5. The molecule has 0 saturated carbocycles. The van der Waals surface area contributed by atoms with Crippen LogP contribution < -0.4 is 25.0 Å². The number of ether oxygens (including phenoxy) is 2. The molecule has 0 fully saturated rings. The number of carbonyl (C=O) groups is 1. The second-order valence-electron chi connectivity index (χ2n) is 15.4. The van der Waals surface area contributed by atoms with E-state index >= 15 is 0 Å². The molecule has 4 N–H and O–H groups in total. The van der Waals surface area contributed by atoms with Crippen molar-refractivity contribution in [2.24, 2.45) is 25.4 Å². The van der Waals surface area contributed by atoms with Crippen LogP contribution in [0.4, 0.5) is 34.1 Å². The van der Waals surface area contributed by atoms with Crippen molar-refractivity contribution in [3.05, 3.63) is 166 Å². The first-order chi connectivity index (χ1) is 34.2. The summed E-state index contributed by atoms with van der Waals surface area (Å²) in [5, 5.41) is 57.5. The molecule has 0 aliphatic rings. The average Bonchev–Trinajstić information content (AvgIpc) is 3.33. The predicted molar refractivity (Wildman–Crippen MR) is 275 cm³/mol. The van der Waals surface area contributed by atoms with Crippen LogP contribution in [-0.2, 0) is 20.2 Å². The van der Waals surface area contributed by atoms with Gasteiger partial charge in [0.2, 0.25) is 0 Å². The van der Waals surface area contributed by atoms with E-state index in [0.29, 0.717) is 44.4 Å². The molecular formula is C50H38BaCl2N6O12S2. The summed E-state index contributed by atoms with van der Waals surface area (Å²) in [6.07, 6.45) is 0. The molecule has 23 heteroatoms. The number of hydrogen-bond acceptors (Lipinski definition) is 15. The standard InChI is InChI=1S/2C25H20ClN3O6S.Ba/c2*1-14-10-11-20(21(26)24(14)36(32,33)34)28-29-22-18-9-4-3-6-15(18)12-19(23(22)30)25(31)27-16-7-5-8-17(13-16)35-2;/h2*3-13,30H,1-2H3,(H,27,31)(H,32,33,34);/q;;+2/p-2. The predicted octanol–water partition coefficient (Wildman–Crippen LogP) is 11.0. The Morgan fingerprint density at radius 1 is 0.616 bits per heavy atom. The summed E-state index contributed by atoms with van der Waals surface area (Å²) in [7, 11) is -6.25. The number of phenolic OH excluding ortho intramolecular Hbond substituents is 1. The fraction of sp³-hybridized carbons (Fsp3) is 0.0800. The zero-order chi connectivity index (χ0) is 52.1. The summed E-state index contributed by atoms with van der Waals surface area (Å²) in [5.41, 5.74) is 0.614. The van der Waals surface area contributed by atoms with Crippen molar-refractivity contribution in [1.29, 1.82) is 0 Å². The number of hydrogen-bond donors (Lipinski definition) is 4. The van der Waals surface area contributed by atoms with Gasteiger partial charge in [-0.1, -0.05) is 102 Å². The van der Waals surface area contributed by atoms with Crippen molar-refractivity contribution < 1.29 is 55.5 Å². The Balaban J connectivity index is 0.000000235. The Labute approximate surface area is 468 Å². The molecule has 8 rings (SSSR count). The van der Waals surface area contributed by atoms with Gasteiger partial charge < -0.3 is 30.1 Å². The minimum atomic E-state index is -4.63.